The highest BCUT2D eigenvalue weighted by atomic mass is 32.2. The SMILES string of the molecule is CC(=O)c1csc(NC(=O)c2ccc(N3CCCS3(=O)=O)cc2)n1. The molecule has 1 aromatic carbocycles. The van der Waals surface area contributed by atoms with Crippen LogP contribution in [0, 0.1) is 0 Å². The van der Waals surface area contributed by atoms with Crippen LogP contribution in [0.5, 0.6) is 0 Å². The van der Waals surface area contributed by atoms with Crippen molar-refractivity contribution in [3.8, 4) is 0 Å². The number of anilines is 2. The number of aromatic nitrogens is 1. The zero-order valence-electron chi connectivity index (χ0n) is 12.9. The van der Waals surface area contributed by atoms with Crippen LogP contribution in [0.4, 0.5) is 10.8 Å². The highest BCUT2D eigenvalue weighted by molar-refractivity contribution is 7.93. The quantitative estimate of drug-likeness (QED) is 0.838. The summed E-state index contributed by atoms with van der Waals surface area (Å²) in [6.07, 6.45) is 0.604. The predicted molar refractivity (Wildman–Crippen MR) is 92.3 cm³/mol. The lowest BCUT2D eigenvalue weighted by atomic mass is 10.2. The number of carbonyl (C=O) groups is 2. The van der Waals surface area contributed by atoms with E-state index in [-0.39, 0.29) is 17.4 Å². The first kappa shape index (κ1) is 16.6. The van der Waals surface area contributed by atoms with Crippen LogP contribution < -0.4 is 9.62 Å². The normalized spacial score (nSPS) is 16.1. The summed E-state index contributed by atoms with van der Waals surface area (Å²) in [5.74, 6) is -0.379. The van der Waals surface area contributed by atoms with E-state index in [1.54, 1.807) is 29.6 Å². The lowest BCUT2D eigenvalue weighted by Gasteiger charge is -2.16. The molecule has 0 unspecified atom stereocenters. The highest BCUT2D eigenvalue weighted by Gasteiger charge is 2.28. The number of benzene rings is 1. The molecular formula is C15H15N3O4S2. The van der Waals surface area contributed by atoms with Gasteiger partial charge in [-0.25, -0.2) is 13.4 Å². The first-order valence-electron chi connectivity index (χ1n) is 7.25. The van der Waals surface area contributed by atoms with E-state index in [0.29, 0.717) is 35.0 Å². The fourth-order valence-electron chi connectivity index (χ4n) is 2.37. The molecule has 1 aromatic heterocycles. The molecular weight excluding hydrogens is 350 g/mol. The van der Waals surface area contributed by atoms with Crippen molar-refractivity contribution in [2.24, 2.45) is 0 Å². The molecule has 126 valence electrons. The number of rotatable bonds is 4. The molecule has 0 spiro atoms. The number of carbonyl (C=O) groups excluding carboxylic acids is 2. The van der Waals surface area contributed by atoms with E-state index in [2.05, 4.69) is 10.3 Å². The van der Waals surface area contributed by atoms with Crippen LogP contribution in [-0.2, 0) is 10.0 Å². The average Bonchev–Trinajstić information content (AvgIpc) is 3.13. The molecule has 1 N–H and O–H groups in total. The maximum Gasteiger partial charge on any atom is 0.257 e. The Balaban J connectivity index is 1.73. The standard InChI is InChI=1S/C15H15N3O4S2/c1-10(19)13-9-23-15(16-13)17-14(20)11-3-5-12(6-4-11)18-7-2-8-24(18,21)22/h3-6,9H,2,7-8H2,1H3,(H,16,17,20). The first-order valence-corrected chi connectivity index (χ1v) is 9.74. The third-order valence-corrected chi connectivity index (χ3v) is 6.23. The number of nitrogens with zero attached hydrogens (tertiary/aromatic N) is 2. The largest absolute Gasteiger partial charge is 0.298 e. The molecule has 3 rings (SSSR count). The molecule has 7 nitrogen and oxygen atoms in total. The van der Waals surface area contributed by atoms with Crippen molar-refractivity contribution in [1.29, 1.82) is 0 Å². The minimum atomic E-state index is -3.23. The Labute approximate surface area is 143 Å². The Morgan fingerprint density at radius 1 is 1.25 bits per heavy atom. The van der Waals surface area contributed by atoms with Gasteiger partial charge < -0.3 is 0 Å². The zero-order valence-corrected chi connectivity index (χ0v) is 14.5. The molecule has 2 heterocycles. The van der Waals surface area contributed by atoms with E-state index in [0.717, 1.165) is 0 Å². The number of Topliss-reactive ketones (excluding diaryl/α,β-unsaturated/α-hetero) is 1. The second-order valence-corrected chi connectivity index (χ2v) is 8.21. The molecule has 0 aliphatic carbocycles. The van der Waals surface area contributed by atoms with Gasteiger partial charge in [0.15, 0.2) is 10.9 Å². The summed E-state index contributed by atoms with van der Waals surface area (Å²) in [5, 5.41) is 4.55. The summed E-state index contributed by atoms with van der Waals surface area (Å²) < 4.78 is 25.1. The summed E-state index contributed by atoms with van der Waals surface area (Å²) in [7, 11) is -3.23. The number of hydrogen-bond acceptors (Lipinski definition) is 6. The van der Waals surface area contributed by atoms with E-state index in [4.69, 9.17) is 0 Å². The van der Waals surface area contributed by atoms with Gasteiger partial charge in [0.2, 0.25) is 10.0 Å². The van der Waals surface area contributed by atoms with Crippen molar-refractivity contribution in [3.63, 3.8) is 0 Å². The topological polar surface area (TPSA) is 96.4 Å². The summed E-state index contributed by atoms with van der Waals surface area (Å²) >= 11 is 1.17. The van der Waals surface area contributed by atoms with Gasteiger partial charge in [0, 0.05) is 24.4 Å². The van der Waals surface area contributed by atoms with Crippen molar-refractivity contribution >= 4 is 43.9 Å². The van der Waals surface area contributed by atoms with Gasteiger partial charge in [-0.05, 0) is 30.7 Å². The van der Waals surface area contributed by atoms with Crippen molar-refractivity contribution in [1.82, 2.24) is 4.98 Å². The molecule has 2 aromatic rings. The van der Waals surface area contributed by atoms with E-state index < -0.39 is 10.0 Å². The van der Waals surface area contributed by atoms with E-state index >= 15 is 0 Å². The van der Waals surface area contributed by atoms with Crippen LogP contribution in [0.3, 0.4) is 0 Å². The Morgan fingerprint density at radius 2 is 1.96 bits per heavy atom. The second kappa shape index (κ2) is 6.33. The van der Waals surface area contributed by atoms with Crippen LogP contribution >= 0.6 is 11.3 Å². The number of amides is 1. The Kier molecular flexibility index (Phi) is 4.37. The number of ketones is 1. The summed E-state index contributed by atoms with van der Waals surface area (Å²) in [6.45, 7) is 1.87. The van der Waals surface area contributed by atoms with Gasteiger partial charge in [-0.1, -0.05) is 0 Å². The summed E-state index contributed by atoms with van der Waals surface area (Å²) in [6, 6.07) is 6.36. The minimum Gasteiger partial charge on any atom is -0.298 e. The van der Waals surface area contributed by atoms with Gasteiger partial charge in [-0.15, -0.1) is 11.3 Å². The van der Waals surface area contributed by atoms with Crippen LogP contribution in [-0.4, -0.2) is 37.4 Å². The van der Waals surface area contributed by atoms with Gasteiger partial charge in [-0.3, -0.25) is 19.2 Å². The van der Waals surface area contributed by atoms with E-state index in [1.807, 2.05) is 0 Å². The van der Waals surface area contributed by atoms with Crippen molar-refractivity contribution < 1.29 is 18.0 Å². The molecule has 0 saturated carbocycles. The van der Waals surface area contributed by atoms with E-state index in [9.17, 15) is 18.0 Å². The van der Waals surface area contributed by atoms with Crippen LogP contribution in [0.15, 0.2) is 29.6 Å². The maximum absolute atomic E-state index is 12.2. The molecule has 1 fully saturated rings. The molecule has 1 saturated heterocycles. The molecule has 9 heteroatoms. The number of sulfonamides is 1. The molecule has 0 atom stereocenters. The van der Waals surface area contributed by atoms with Crippen molar-refractivity contribution in [2.45, 2.75) is 13.3 Å². The molecule has 24 heavy (non-hydrogen) atoms. The lowest BCUT2D eigenvalue weighted by molar-refractivity contribution is 0.100. The fourth-order valence-corrected chi connectivity index (χ4v) is 4.68. The minimum absolute atomic E-state index is 0.151. The van der Waals surface area contributed by atoms with Crippen LogP contribution in [0.1, 0.15) is 34.2 Å². The van der Waals surface area contributed by atoms with Gasteiger partial charge in [0.05, 0.1) is 11.4 Å². The van der Waals surface area contributed by atoms with Crippen molar-refractivity contribution in [3.05, 3.63) is 40.9 Å². The summed E-state index contributed by atoms with van der Waals surface area (Å²) in [5.41, 5.74) is 1.25. The predicted octanol–water partition coefficient (Wildman–Crippen LogP) is 2.14. The number of hydrogen-bond donors (Lipinski definition) is 1. The fraction of sp³-hybridized carbons (Fsp3) is 0.267. The third-order valence-electron chi connectivity index (χ3n) is 3.60. The zero-order chi connectivity index (χ0) is 17.3. The van der Waals surface area contributed by atoms with Crippen molar-refractivity contribution in [2.75, 3.05) is 21.9 Å². The molecule has 1 aliphatic heterocycles. The molecule has 1 aliphatic rings. The van der Waals surface area contributed by atoms with Crippen LogP contribution in [0.2, 0.25) is 0 Å². The number of thiazole rings is 1. The molecule has 0 bridgehead atoms. The number of nitrogens with one attached hydrogen (secondary N) is 1. The monoisotopic (exact) mass is 365 g/mol. The Hall–Kier alpha value is -2.26. The van der Waals surface area contributed by atoms with Gasteiger partial charge in [-0.2, -0.15) is 0 Å². The summed E-state index contributed by atoms with van der Waals surface area (Å²) in [4.78, 5) is 27.4. The van der Waals surface area contributed by atoms with Crippen LogP contribution in [0.25, 0.3) is 0 Å². The second-order valence-electron chi connectivity index (χ2n) is 5.34. The molecule has 0 radical (unpaired) electrons. The average molecular weight is 365 g/mol. The molecule has 1 amide bonds. The first-order chi connectivity index (χ1) is 11.4. The Bertz CT molecular complexity index is 888. The van der Waals surface area contributed by atoms with Gasteiger partial charge in [0.1, 0.15) is 5.69 Å². The van der Waals surface area contributed by atoms with Gasteiger partial charge in [0.25, 0.3) is 5.91 Å². The van der Waals surface area contributed by atoms with E-state index in [1.165, 1.54) is 22.6 Å². The lowest BCUT2D eigenvalue weighted by Crippen LogP contribution is -2.25. The maximum atomic E-state index is 12.2. The Morgan fingerprint density at radius 3 is 2.50 bits per heavy atom. The third kappa shape index (κ3) is 3.31. The smallest absolute Gasteiger partial charge is 0.257 e. The highest BCUT2D eigenvalue weighted by Crippen LogP contribution is 2.24. The van der Waals surface area contributed by atoms with Gasteiger partial charge >= 0.3 is 0 Å².